The predicted octanol–water partition coefficient (Wildman–Crippen LogP) is 2.82. The Morgan fingerprint density at radius 1 is 1.24 bits per heavy atom. The van der Waals surface area contributed by atoms with Crippen LogP contribution in [0.25, 0.3) is 10.9 Å². The van der Waals surface area contributed by atoms with Crippen molar-refractivity contribution in [2.45, 2.75) is 51.1 Å². The van der Waals surface area contributed by atoms with Gasteiger partial charge in [0.05, 0.1) is 12.1 Å². The molecule has 7 heteroatoms. The molecule has 6 nitrogen and oxygen atoms in total. The van der Waals surface area contributed by atoms with Gasteiger partial charge in [0.2, 0.25) is 5.91 Å². The van der Waals surface area contributed by atoms with Crippen LogP contribution in [0.4, 0.5) is 4.39 Å². The Hall–Kier alpha value is -2.41. The minimum atomic E-state index is -0.325. The van der Waals surface area contributed by atoms with Gasteiger partial charge in [-0.2, -0.15) is 0 Å². The van der Waals surface area contributed by atoms with E-state index < -0.39 is 0 Å². The van der Waals surface area contributed by atoms with E-state index in [0.717, 1.165) is 50.8 Å². The van der Waals surface area contributed by atoms with Gasteiger partial charge < -0.3 is 15.2 Å². The van der Waals surface area contributed by atoms with Crippen LogP contribution in [-0.4, -0.2) is 65.4 Å². The minimum Gasteiger partial charge on any atom is -0.350 e. The second-order valence-corrected chi connectivity index (χ2v) is 8.47. The fourth-order valence-corrected chi connectivity index (χ4v) is 4.66. The van der Waals surface area contributed by atoms with Gasteiger partial charge in [-0.3, -0.25) is 14.5 Å². The zero-order chi connectivity index (χ0) is 20.5. The summed E-state index contributed by atoms with van der Waals surface area (Å²) in [6, 6.07) is 5.11. The van der Waals surface area contributed by atoms with Crippen molar-refractivity contribution in [2.24, 2.45) is 0 Å². The van der Waals surface area contributed by atoms with Gasteiger partial charge in [-0.25, -0.2) is 4.39 Å². The van der Waals surface area contributed by atoms with Gasteiger partial charge in [0.15, 0.2) is 0 Å². The van der Waals surface area contributed by atoms with Crippen molar-refractivity contribution in [3.63, 3.8) is 0 Å². The Morgan fingerprint density at radius 3 is 2.86 bits per heavy atom. The molecule has 2 amide bonds. The SMILES string of the molecule is Cc1ccc(F)c2cc(C(=O)N[C@@H]3CCC[C@@H](N4CCCN(C)C(=O)C4)C3)[nH]c12. The number of halogens is 1. The lowest BCUT2D eigenvalue weighted by molar-refractivity contribution is -0.130. The summed E-state index contributed by atoms with van der Waals surface area (Å²) in [5, 5.41) is 3.57. The number of carbonyl (C=O) groups is 2. The average Bonchev–Trinajstić information content (AvgIpc) is 3.10. The number of nitrogens with zero attached hydrogens (tertiary/aromatic N) is 2. The van der Waals surface area contributed by atoms with Crippen LogP contribution in [-0.2, 0) is 4.79 Å². The summed E-state index contributed by atoms with van der Waals surface area (Å²) < 4.78 is 14.1. The lowest BCUT2D eigenvalue weighted by atomic mass is 9.89. The molecule has 0 bridgehead atoms. The molecule has 0 spiro atoms. The van der Waals surface area contributed by atoms with Gasteiger partial charge in [0, 0.05) is 37.6 Å². The van der Waals surface area contributed by atoms with Crippen LogP contribution in [0.15, 0.2) is 18.2 Å². The van der Waals surface area contributed by atoms with Crippen molar-refractivity contribution >= 4 is 22.7 Å². The fourth-order valence-electron chi connectivity index (χ4n) is 4.66. The Balaban J connectivity index is 1.43. The maximum absolute atomic E-state index is 14.1. The number of carbonyl (C=O) groups excluding carboxylic acids is 2. The van der Waals surface area contributed by atoms with E-state index in [2.05, 4.69) is 15.2 Å². The van der Waals surface area contributed by atoms with E-state index >= 15 is 0 Å². The predicted molar refractivity (Wildman–Crippen MR) is 110 cm³/mol. The van der Waals surface area contributed by atoms with E-state index in [1.165, 1.54) is 6.07 Å². The van der Waals surface area contributed by atoms with E-state index in [9.17, 15) is 14.0 Å². The molecule has 2 aromatic rings. The van der Waals surface area contributed by atoms with E-state index in [4.69, 9.17) is 0 Å². The normalized spacial score (nSPS) is 24.0. The fraction of sp³-hybridized carbons (Fsp3) is 0.545. The molecule has 0 radical (unpaired) electrons. The van der Waals surface area contributed by atoms with Gasteiger partial charge in [-0.05, 0) is 56.7 Å². The maximum Gasteiger partial charge on any atom is 0.267 e. The molecule has 1 aromatic heterocycles. The Labute approximate surface area is 170 Å². The molecule has 1 aliphatic heterocycles. The number of hydrogen-bond donors (Lipinski definition) is 2. The van der Waals surface area contributed by atoms with Crippen molar-refractivity contribution in [2.75, 3.05) is 26.7 Å². The number of hydrogen-bond acceptors (Lipinski definition) is 3. The summed E-state index contributed by atoms with van der Waals surface area (Å²) in [4.78, 5) is 32.2. The summed E-state index contributed by atoms with van der Waals surface area (Å²) in [5.74, 6) is -0.351. The number of nitrogens with one attached hydrogen (secondary N) is 2. The number of benzene rings is 1. The highest BCUT2D eigenvalue weighted by molar-refractivity contribution is 5.99. The van der Waals surface area contributed by atoms with Crippen LogP contribution in [0.1, 0.15) is 48.2 Å². The van der Waals surface area contributed by atoms with Crippen LogP contribution in [0.2, 0.25) is 0 Å². The van der Waals surface area contributed by atoms with Crippen molar-refractivity contribution in [3.05, 3.63) is 35.3 Å². The number of amides is 2. The third kappa shape index (κ3) is 4.15. The van der Waals surface area contributed by atoms with E-state index in [0.29, 0.717) is 29.2 Å². The van der Waals surface area contributed by atoms with Crippen molar-refractivity contribution in [1.82, 2.24) is 20.1 Å². The van der Waals surface area contributed by atoms with Gasteiger partial charge >= 0.3 is 0 Å². The second kappa shape index (κ2) is 8.14. The first-order chi connectivity index (χ1) is 13.9. The van der Waals surface area contributed by atoms with Gasteiger partial charge in [-0.15, -0.1) is 0 Å². The van der Waals surface area contributed by atoms with Gasteiger partial charge in [0.25, 0.3) is 5.91 Å². The van der Waals surface area contributed by atoms with Crippen molar-refractivity contribution in [1.29, 1.82) is 0 Å². The minimum absolute atomic E-state index is 0.0645. The maximum atomic E-state index is 14.1. The number of aromatic amines is 1. The number of aromatic nitrogens is 1. The molecule has 2 fully saturated rings. The lowest BCUT2D eigenvalue weighted by Gasteiger charge is -2.36. The van der Waals surface area contributed by atoms with Crippen LogP contribution >= 0.6 is 0 Å². The third-order valence-electron chi connectivity index (χ3n) is 6.39. The first kappa shape index (κ1) is 19.9. The highest BCUT2D eigenvalue weighted by atomic mass is 19.1. The molecule has 2 aliphatic rings. The van der Waals surface area contributed by atoms with Gasteiger partial charge in [-0.1, -0.05) is 6.07 Å². The summed E-state index contributed by atoms with van der Waals surface area (Å²) in [6.45, 7) is 4.08. The number of fused-ring (bicyclic) bond motifs is 1. The van der Waals surface area contributed by atoms with Gasteiger partial charge in [0.1, 0.15) is 11.5 Å². The largest absolute Gasteiger partial charge is 0.350 e. The molecule has 1 saturated heterocycles. The molecular formula is C22H29FN4O2. The van der Waals surface area contributed by atoms with Crippen molar-refractivity contribution in [3.8, 4) is 0 Å². The smallest absolute Gasteiger partial charge is 0.267 e. The van der Waals surface area contributed by atoms with E-state index in [1.807, 2.05) is 14.0 Å². The zero-order valence-corrected chi connectivity index (χ0v) is 17.1. The molecule has 2 atom stereocenters. The average molecular weight is 400 g/mol. The van der Waals surface area contributed by atoms with Crippen molar-refractivity contribution < 1.29 is 14.0 Å². The zero-order valence-electron chi connectivity index (χ0n) is 17.1. The number of H-pyrrole nitrogens is 1. The quantitative estimate of drug-likeness (QED) is 0.833. The monoisotopic (exact) mass is 400 g/mol. The van der Waals surface area contributed by atoms with E-state index in [-0.39, 0.29) is 23.7 Å². The molecule has 1 saturated carbocycles. The topological polar surface area (TPSA) is 68.4 Å². The summed E-state index contributed by atoms with van der Waals surface area (Å²) in [6.07, 6.45) is 4.83. The van der Waals surface area contributed by atoms with E-state index in [1.54, 1.807) is 17.0 Å². The third-order valence-corrected chi connectivity index (χ3v) is 6.39. The van der Waals surface area contributed by atoms with Crippen LogP contribution < -0.4 is 5.32 Å². The number of aryl methyl sites for hydroxylation is 1. The summed E-state index contributed by atoms with van der Waals surface area (Å²) in [5.41, 5.74) is 1.97. The molecule has 4 rings (SSSR count). The molecule has 2 heterocycles. The molecule has 2 N–H and O–H groups in total. The first-order valence-electron chi connectivity index (χ1n) is 10.5. The number of likely N-dealkylation sites (N-methyl/N-ethyl adjacent to an activating group) is 1. The highest BCUT2D eigenvalue weighted by Crippen LogP contribution is 2.26. The molecular weight excluding hydrogens is 371 g/mol. The summed E-state index contributed by atoms with van der Waals surface area (Å²) in [7, 11) is 1.86. The molecule has 156 valence electrons. The molecule has 0 unspecified atom stereocenters. The molecule has 1 aromatic carbocycles. The highest BCUT2D eigenvalue weighted by Gasteiger charge is 2.31. The Bertz CT molecular complexity index is 886. The lowest BCUT2D eigenvalue weighted by Crippen LogP contribution is -2.47. The number of rotatable bonds is 3. The molecule has 1 aliphatic carbocycles. The summed E-state index contributed by atoms with van der Waals surface area (Å²) >= 11 is 0. The van der Waals surface area contributed by atoms with Crippen LogP contribution in [0.5, 0.6) is 0 Å². The van der Waals surface area contributed by atoms with Crippen LogP contribution in [0.3, 0.4) is 0 Å². The van der Waals surface area contributed by atoms with Crippen LogP contribution in [0, 0.1) is 12.7 Å². The molecule has 29 heavy (non-hydrogen) atoms. The Morgan fingerprint density at radius 2 is 2.07 bits per heavy atom. The Kier molecular flexibility index (Phi) is 5.58. The second-order valence-electron chi connectivity index (χ2n) is 8.47. The first-order valence-corrected chi connectivity index (χ1v) is 10.5. The standard InChI is InChI=1S/C22H29FN4O2/c1-14-7-8-18(23)17-12-19(25-21(14)17)22(29)24-15-5-3-6-16(11-15)27-10-4-9-26(2)20(28)13-27/h7-8,12,15-16,25H,3-6,9-11,13H2,1-2H3,(H,24,29)/t15-,16-/m1/s1.